The lowest BCUT2D eigenvalue weighted by Crippen LogP contribution is -2.31. The first kappa shape index (κ1) is 14.4. The van der Waals surface area contributed by atoms with E-state index in [2.05, 4.69) is 32.9 Å². The molecule has 18 heavy (non-hydrogen) atoms. The van der Waals surface area contributed by atoms with Gasteiger partial charge in [-0.15, -0.1) is 0 Å². The average Bonchev–Trinajstić information content (AvgIpc) is 2.80. The lowest BCUT2D eigenvalue weighted by Gasteiger charge is -2.24. The van der Waals surface area contributed by atoms with Gasteiger partial charge in [0, 0.05) is 17.5 Å². The second kappa shape index (κ2) is 5.53. The van der Waals surface area contributed by atoms with Crippen molar-refractivity contribution in [2.75, 3.05) is 26.4 Å². The largest absolute Gasteiger partial charge is 0.383 e. The number of thioether (sulfide) groups is 1. The zero-order valence-corrected chi connectivity index (χ0v) is 13.5. The normalized spacial score (nSPS) is 28.2. The quantitative estimate of drug-likeness (QED) is 0.913. The Morgan fingerprint density at radius 1 is 1.67 bits per heavy atom. The van der Waals surface area contributed by atoms with Gasteiger partial charge in [-0.05, 0) is 36.4 Å². The fraction of sp³-hybridized carbons (Fsp3) is 0.750. The van der Waals surface area contributed by atoms with Gasteiger partial charge < -0.3 is 10.0 Å². The molecule has 0 amide bonds. The van der Waals surface area contributed by atoms with Gasteiger partial charge in [0.2, 0.25) is 0 Å². The first-order valence-electron chi connectivity index (χ1n) is 6.13. The molecule has 0 bridgehead atoms. The van der Waals surface area contributed by atoms with Gasteiger partial charge >= 0.3 is 0 Å². The van der Waals surface area contributed by atoms with Gasteiger partial charge in [-0.2, -0.15) is 16.9 Å². The summed E-state index contributed by atoms with van der Waals surface area (Å²) in [6.45, 7) is 3.88. The third-order valence-electron chi connectivity index (χ3n) is 3.23. The van der Waals surface area contributed by atoms with Crippen LogP contribution in [0.2, 0.25) is 0 Å². The highest BCUT2D eigenvalue weighted by Crippen LogP contribution is 2.43. The highest BCUT2D eigenvalue weighted by Gasteiger charge is 2.41. The van der Waals surface area contributed by atoms with Crippen LogP contribution in [0.4, 0.5) is 0 Å². The Hall–Kier alpha value is -0.0400. The fourth-order valence-corrected chi connectivity index (χ4v) is 4.20. The van der Waals surface area contributed by atoms with E-state index >= 15 is 0 Å². The zero-order chi connectivity index (χ0) is 13.3. The SMILES string of the molecule is CC1CC(O)(c2c(Br)cnn2CCN(C)C)CS1. The molecule has 0 radical (unpaired) electrons. The summed E-state index contributed by atoms with van der Waals surface area (Å²) in [5.74, 6) is 0.750. The minimum atomic E-state index is -0.744. The molecular weight excluding hydrogens is 314 g/mol. The molecular formula is C12H20BrN3OS. The summed E-state index contributed by atoms with van der Waals surface area (Å²) >= 11 is 5.34. The van der Waals surface area contributed by atoms with Crippen LogP contribution in [0.3, 0.4) is 0 Å². The third kappa shape index (κ3) is 2.92. The van der Waals surface area contributed by atoms with Crippen molar-refractivity contribution < 1.29 is 5.11 Å². The molecule has 4 nitrogen and oxygen atoms in total. The molecule has 1 aliphatic heterocycles. The van der Waals surface area contributed by atoms with E-state index in [1.807, 2.05) is 30.5 Å². The predicted octanol–water partition coefficient (Wildman–Crippen LogP) is 1.92. The van der Waals surface area contributed by atoms with E-state index in [1.54, 1.807) is 6.20 Å². The first-order valence-corrected chi connectivity index (χ1v) is 7.97. The van der Waals surface area contributed by atoms with Crippen LogP contribution in [0.5, 0.6) is 0 Å². The van der Waals surface area contributed by atoms with Crippen LogP contribution < -0.4 is 0 Å². The number of nitrogens with zero attached hydrogens (tertiary/aromatic N) is 3. The third-order valence-corrected chi connectivity index (χ3v) is 5.19. The van der Waals surface area contributed by atoms with Crippen molar-refractivity contribution in [3.8, 4) is 0 Å². The molecule has 1 N–H and O–H groups in total. The van der Waals surface area contributed by atoms with Crippen molar-refractivity contribution in [1.82, 2.24) is 14.7 Å². The summed E-state index contributed by atoms with van der Waals surface area (Å²) in [6, 6.07) is 0. The van der Waals surface area contributed by atoms with E-state index in [0.717, 1.165) is 35.4 Å². The van der Waals surface area contributed by atoms with Gasteiger partial charge in [0.1, 0.15) is 5.60 Å². The Kier molecular flexibility index (Phi) is 4.41. The van der Waals surface area contributed by atoms with Crippen LogP contribution in [-0.2, 0) is 12.1 Å². The molecule has 1 aromatic heterocycles. The summed E-state index contributed by atoms with van der Waals surface area (Å²) in [5, 5.41) is 15.7. The molecule has 2 unspecified atom stereocenters. The minimum absolute atomic E-state index is 0.499. The average molecular weight is 334 g/mol. The van der Waals surface area contributed by atoms with E-state index in [9.17, 15) is 5.11 Å². The molecule has 6 heteroatoms. The molecule has 2 rings (SSSR count). The van der Waals surface area contributed by atoms with Gasteiger partial charge in [0.25, 0.3) is 0 Å². The summed E-state index contributed by atoms with van der Waals surface area (Å²) in [5.41, 5.74) is 0.187. The van der Waals surface area contributed by atoms with Crippen LogP contribution in [0.1, 0.15) is 19.0 Å². The Morgan fingerprint density at radius 3 is 2.94 bits per heavy atom. The van der Waals surface area contributed by atoms with E-state index in [-0.39, 0.29) is 0 Å². The maximum atomic E-state index is 10.8. The Bertz CT molecular complexity index is 423. The number of likely N-dealkylation sites (N-methyl/N-ethyl adjacent to an activating group) is 1. The maximum Gasteiger partial charge on any atom is 0.117 e. The van der Waals surface area contributed by atoms with E-state index in [4.69, 9.17) is 0 Å². The molecule has 0 spiro atoms. The topological polar surface area (TPSA) is 41.3 Å². The van der Waals surface area contributed by atoms with Gasteiger partial charge in [-0.3, -0.25) is 4.68 Å². The molecule has 1 aliphatic rings. The maximum absolute atomic E-state index is 10.8. The van der Waals surface area contributed by atoms with Crippen molar-refractivity contribution in [1.29, 1.82) is 0 Å². The van der Waals surface area contributed by atoms with Crippen LogP contribution in [0.25, 0.3) is 0 Å². The molecule has 0 saturated carbocycles. The molecule has 2 heterocycles. The number of aromatic nitrogens is 2. The monoisotopic (exact) mass is 333 g/mol. The highest BCUT2D eigenvalue weighted by molar-refractivity contribution is 9.10. The van der Waals surface area contributed by atoms with E-state index in [0.29, 0.717) is 5.25 Å². The van der Waals surface area contributed by atoms with Crippen molar-refractivity contribution >= 4 is 27.7 Å². The van der Waals surface area contributed by atoms with Gasteiger partial charge in [-0.1, -0.05) is 6.92 Å². The Labute approximate surface area is 121 Å². The fourth-order valence-electron chi connectivity index (χ4n) is 2.33. The molecule has 102 valence electrons. The van der Waals surface area contributed by atoms with Crippen LogP contribution >= 0.6 is 27.7 Å². The molecule has 2 atom stereocenters. The second-order valence-corrected chi connectivity index (χ2v) is 7.51. The number of halogens is 1. The molecule has 0 aromatic carbocycles. The van der Waals surface area contributed by atoms with E-state index < -0.39 is 5.60 Å². The molecule has 0 aliphatic carbocycles. The number of hydrogen-bond acceptors (Lipinski definition) is 4. The summed E-state index contributed by atoms with van der Waals surface area (Å²) in [6.07, 6.45) is 2.58. The molecule has 1 aromatic rings. The van der Waals surface area contributed by atoms with Crippen LogP contribution in [0.15, 0.2) is 10.7 Å². The van der Waals surface area contributed by atoms with Gasteiger partial charge in [-0.25, -0.2) is 0 Å². The van der Waals surface area contributed by atoms with Gasteiger partial charge in [0.05, 0.1) is 22.9 Å². The zero-order valence-electron chi connectivity index (χ0n) is 11.1. The van der Waals surface area contributed by atoms with Crippen LogP contribution in [-0.4, -0.2) is 51.4 Å². The lowest BCUT2D eigenvalue weighted by molar-refractivity contribution is 0.0502. The lowest BCUT2D eigenvalue weighted by atomic mass is 9.96. The van der Waals surface area contributed by atoms with Crippen molar-refractivity contribution in [3.05, 3.63) is 16.4 Å². The summed E-state index contributed by atoms with van der Waals surface area (Å²) < 4.78 is 2.85. The Balaban J connectivity index is 2.23. The van der Waals surface area contributed by atoms with Crippen molar-refractivity contribution in [3.63, 3.8) is 0 Å². The van der Waals surface area contributed by atoms with E-state index in [1.165, 1.54) is 0 Å². The predicted molar refractivity (Wildman–Crippen MR) is 78.9 cm³/mol. The van der Waals surface area contributed by atoms with Crippen molar-refractivity contribution in [2.24, 2.45) is 0 Å². The Morgan fingerprint density at radius 2 is 2.39 bits per heavy atom. The van der Waals surface area contributed by atoms with Crippen molar-refractivity contribution in [2.45, 2.75) is 30.7 Å². The molecule has 1 fully saturated rings. The number of rotatable bonds is 4. The summed E-state index contributed by atoms with van der Waals surface area (Å²) in [4.78, 5) is 2.12. The first-order chi connectivity index (χ1) is 8.42. The second-order valence-electron chi connectivity index (χ2n) is 5.22. The molecule has 1 saturated heterocycles. The highest BCUT2D eigenvalue weighted by atomic mass is 79.9. The number of hydrogen-bond donors (Lipinski definition) is 1. The number of aliphatic hydroxyl groups is 1. The van der Waals surface area contributed by atoms with Crippen LogP contribution in [0, 0.1) is 0 Å². The smallest absolute Gasteiger partial charge is 0.117 e. The van der Waals surface area contributed by atoms with Gasteiger partial charge in [0.15, 0.2) is 0 Å². The summed E-state index contributed by atoms with van der Waals surface area (Å²) in [7, 11) is 4.08. The minimum Gasteiger partial charge on any atom is -0.383 e. The standard InChI is InChI=1S/C12H20BrN3OS/c1-9-6-12(17,8-18-9)11-10(13)7-14-16(11)5-4-15(2)3/h7,9,17H,4-6,8H2,1-3H3.